The van der Waals surface area contributed by atoms with Crippen LogP contribution in [0.5, 0.6) is 0 Å². The van der Waals surface area contributed by atoms with Crippen molar-refractivity contribution < 1.29 is 19.1 Å². The lowest BCUT2D eigenvalue weighted by molar-refractivity contribution is -0.138. The molecule has 1 aliphatic carbocycles. The van der Waals surface area contributed by atoms with Gasteiger partial charge in [-0.3, -0.25) is 4.79 Å². The molecule has 0 spiro atoms. The molecular weight excluding hydrogens is 299 g/mol. The number of amides is 2. The molecule has 0 bridgehead atoms. The van der Waals surface area contributed by atoms with Crippen molar-refractivity contribution in [2.75, 3.05) is 5.32 Å². The van der Waals surface area contributed by atoms with Crippen LogP contribution < -0.4 is 10.6 Å². The molecule has 1 fully saturated rings. The molecule has 3 N–H and O–H groups in total. The van der Waals surface area contributed by atoms with Gasteiger partial charge in [0.1, 0.15) is 5.82 Å². The molecule has 0 saturated heterocycles. The Hall–Kier alpha value is -1.82. The van der Waals surface area contributed by atoms with Crippen LogP contribution >= 0.6 is 11.6 Å². The molecule has 0 aromatic heterocycles. The fraction of sp³-hybridized carbons (Fsp3) is 0.429. The fourth-order valence-corrected chi connectivity index (χ4v) is 2.89. The van der Waals surface area contributed by atoms with Crippen molar-refractivity contribution in [1.29, 1.82) is 0 Å². The van der Waals surface area contributed by atoms with Gasteiger partial charge in [0.15, 0.2) is 0 Å². The van der Waals surface area contributed by atoms with Gasteiger partial charge in [0.25, 0.3) is 0 Å². The number of hydrogen-bond donors (Lipinski definition) is 3. The molecule has 0 radical (unpaired) electrons. The normalized spacial score (nSPS) is 16.5. The summed E-state index contributed by atoms with van der Waals surface area (Å²) in [6, 6.07) is 3.10. The molecule has 5 nitrogen and oxygen atoms in total. The molecule has 2 rings (SSSR count). The lowest BCUT2D eigenvalue weighted by atomic mass is 9.93. The average Bonchev–Trinajstić information content (AvgIpc) is 2.80. The highest BCUT2D eigenvalue weighted by Crippen LogP contribution is 2.33. The van der Waals surface area contributed by atoms with Crippen molar-refractivity contribution in [3.05, 3.63) is 29.0 Å². The third-order valence-electron chi connectivity index (χ3n) is 3.61. The van der Waals surface area contributed by atoms with Gasteiger partial charge in [-0.05, 0) is 31.0 Å². The first-order valence-electron chi connectivity index (χ1n) is 6.66. The number of aliphatic carboxylic acids is 1. The van der Waals surface area contributed by atoms with Gasteiger partial charge in [0.2, 0.25) is 0 Å². The van der Waals surface area contributed by atoms with Crippen LogP contribution in [0.2, 0.25) is 5.02 Å². The molecule has 0 heterocycles. The van der Waals surface area contributed by atoms with E-state index in [4.69, 9.17) is 16.7 Å². The highest BCUT2D eigenvalue weighted by molar-refractivity contribution is 6.33. The maximum absolute atomic E-state index is 12.9. The van der Waals surface area contributed by atoms with Crippen LogP contribution in [0.3, 0.4) is 0 Å². The Labute approximate surface area is 126 Å². The maximum Gasteiger partial charge on any atom is 0.319 e. The number of urea groups is 1. The zero-order chi connectivity index (χ0) is 15.5. The van der Waals surface area contributed by atoms with Crippen molar-refractivity contribution in [1.82, 2.24) is 5.32 Å². The molecule has 0 unspecified atom stereocenters. The van der Waals surface area contributed by atoms with Crippen LogP contribution in [0.25, 0.3) is 0 Å². The zero-order valence-electron chi connectivity index (χ0n) is 11.3. The van der Waals surface area contributed by atoms with E-state index in [0.717, 1.165) is 18.9 Å². The highest BCUT2D eigenvalue weighted by Gasteiger charge is 2.37. The second-order valence-corrected chi connectivity index (χ2v) is 5.67. The Kier molecular flexibility index (Phi) is 4.67. The third kappa shape index (κ3) is 4.07. The van der Waals surface area contributed by atoms with Crippen molar-refractivity contribution in [2.24, 2.45) is 0 Å². The van der Waals surface area contributed by atoms with E-state index >= 15 is 0 Å². The lowest BCUT2D eigenvalue weighted by Gasteiger charge is -2.28. The first-order valence-corrected chi connectivity index (χ1v) is 7.04. The van der Waals surface area contributed by atoms with Gasteiger partial charge in [-0.2, -0.15) is 0 Å². The number of carbonyl (C=O) groups excluding carboxylic acids is 1. The summed E-state index contributed by atoms with van der Waals surface area (Å²) < 4.78 is 12.9. The molecule has 1 aromatic rings. The number of carbonyl (C=O) groups is 2. The molecule has 1 saturated carbocycles. The molecule has 7 heteroatoms. The average molecular weight is 315 g/mol. The van der Waals surface area contributed by atoms with Gasteiger partial charge in [0.05, 0.1) is 22.7 Å². The first kappa shape index (κ1) is 15.6. The van der Waals surface area contributed by atoms with Gasteiger partial charge < -0.3 is 15.7 Å². The van der Waals surface area contributed by atoms with Crippen molar-refractivity contribution in [3.8, 4) is 0 Å². The highest BCUT2D eigenvalue weighted by atomic mass is 35.5. The van der Waals surface area contributed by atoms with E-state index in [-0.39, 0.29) is 17.1 Å². The minimum Gasteiger partial charge on any atom is -0.481 e. The summed E-state index contributed by atoms with van der Waals surface area (Å²) in [5.74, 6) is -1.44. The largest absolute Gasteiger partial charge is 0.481 e. The standard InChI is InChI=1S/C14H16ClFN2O3/c15-10-7-9(16)3-4-11(10)17-13(21)18-14(8-12(19)20)5-1-2-6-14/h3-4,7H,1-2,5-6,8H2,(H,19,20)(H2,17,18,21). The molecule has 1 aliphatic rings. The predicted octanol–water partition coefficient (Wildman–Crippen LogP) is 3.39. The topological polar surface area (TPSA) is 78.4 Å². The van der Waals surface area contributed by atoms with Gasteiger partial charge >= 0.3 is 12.0 Å². The Bertz CT molecular complexity index is 559. The summed E-state index contributed by atoms with van der Waals surface area (Å²) in [5.41, 5.74) is -0.443. The van der Waals surface area contributed by atoms with Crippen molar-refractivity contribution >= 4 is 29.3 Å². The summed E-state index contributed by atoms with van der Waals surface area (Å²) in [6.45, 7) is 0. The van der Waals surface area contributed by atoms with Crippen molar-refractivity contribution in [3.63, 3.8) is 0 Å². The first-order chi connectivity index (χ1) is 9.90. The Morgan fingerprint density at radius 1 is 1.33 bits per heavy atom. The van der Waals surface area contributed by atoms with E-state index in [1.165, 1.54) is 12.1 Å². The fourth-order valence-electron chi connectivity index (χ4n) is 2.67. The lowest BCUT2D eigenvalue weighted by Crippen LogP contribution is -2.49. The zero-order valence-corrected chi connectivity index (χ0v) is 12.0. The predicted molar refractivity (Wildman–Crippen MR) is 77.0 cm³/mol. The third-order valence-corrected chi connectivity index (χ3v) is 3.92. The number of carboxylic acid groups (broad SMARTS) is 1. The van der Waals surface area contributed by atoms with Crippen LogP contribution in [-0.4, -0.2) is 22.6 Å². The Balaban J connectivity index is 2.04. The summed E-state index contributed by atoms with van der Waals surface area (Å²) in [5, 5.41) is 14.3. The minimum absolute atomic E-state index is 0.0869. The number of halogens is 2. The number of nitrogens with one attached hydrogen (secondary N) is 2. The molecule has 114 valence electrons. The van der Waals surface area contributed by atoms with Crippen LogP contribution in [-0.2, 0) is 4.79 Å². The molecular formula is C14H16ClFN2O3. The number of anilines is 1. The molecule has 0 aliphatic heterocycles. The quantitative estimate of drug-likeness (QED) is 0.797. The van der Waals surface area contributed by atoms with Crippen LogP contribution in [0.1, 0.15) is 32.1 Å². The van der Waals surface area contributed by atoms with Crippen LogP contribution in [0.15, 0.2) is 18.2 Å². The smallest absolute Gasteiger partial charge is 0.319 e. The number of rotatable bonds is 4. The van der Waals surface area contributed by atoms with Crippen molar-refractivity contribution in [2.45, 2.75) is 37.6 Å². The number of benzene rings is 1. The van der Waals surface area contributed by atoms with Gasteiger partial charge in [-0.25, -0.2) is 9.18 Å². The van der Waals surface area contributed by atoms with Crippen LogP contribution in [0.4, 0.5) is 14.9 Å². The van der Waals surface area contributed by atoms with Crippen LogP contribution in [0, 0.1) is 5.82 Å². The van der Waals surface area contributed by atoms with Gasteiger partial charge in [0, 0.05) is 0 Å². The van der Waals surface area contributed by atoms with E-state index in [1.807, 2.05) is 0 Å². The molecule has 1 aromatic carbocycles. The maximum atomic E-state index is 12.9. The number of hydrogen-bond acceptors (Lipinski definition) is 2. The summed E-state index contributed by atoms with van der Waals surface area (Å²) in [6.07, 6.45) is 2.90. The summed E-state index contributed by atoms with van der Waals surface area (Å²) in [7, 11) is 0. The second kappa shape index (κ2) is 6.30. The minimum atomic E-state index is -0.947. The van der Waals surface area contributed by atoms with Gasteiger partial charge in [-0.15, -0.1) is 0 Å². The monoisotopic (exact) mass is 314 g/mol. The van der Waals surface area contributed by atoms with Gasteiger partial charge in [-0.1, -0.05) is 24.4 Å². The summed E-state index contributed by atoms with van der Waals surface area (Å²) >= 11 is 5.83. The molecule has 0 atom stereocenters. The molecule has 21 heavy (non-hydrogen) atoms. The van der Waals surface area contributed by atoms with E-state index in [9.17, 15) is 14.0 Å². The molecule has 2 amide bonds. The van der Waals surface area contributed by atoms with E-state index in [1.54, 1.807) is 0 Å². The van der Waals surface area contributed by atoms with E-state index < -0.39 is 23.4 Å². The SMILES string of the molecule is O=C(O)CC1(NC(=O)Nc2ccc(F)cc2Cl)CCCC1. The second-order valence-electron chi connectivity index (χ2n) is 5.26. The van der Waals surface area contributed by atoms with E-state index in [0.29, 0.717) is 12.8 Å². The van der Waals surface area contributed by atoms with E-state index in [2.05, 4.69) is 10.6 Å². The number of carboxylic acids is 1. The Morgan fingerprint density at radius 3 is 2.57 bits per heavy atom. The Morgan fingerprint density at radius 2 is 2.00 bits per heavy atom. The summed E-state index contributed by atoms with van der Waals surface area (Å²) in [4.78, 5) is 23.0.